The molecule has 166 valence electrons. The van der Waals surface area contributed by atoms with Crippen LogP contribution in [0.2, 0.25) is 0 Å². The first kappa shape index (κ1) is 25.4. The van der Waals surface area contributed by atoms with Gasteiger partial charge in [-0.05, 0) is 19.3 Å². The lowest BCUT2D eigenvalue weighted by Crippen LogP contribution is -2.46. The lowest BCUT2D eigenvalue weighted by molar-refractivity contribution is -0.185. The standard InChI is InChI=1S/C24H34O6/c1-4-7-8-9-13-18-29-21(25)16-17-22(26)30-24(23(27)28,19(5-2)6-3)20-14-11-10-12-15-20/h10-12,14-17,19H,4-9,13,18H2,1-3H3,(H,27,28)/b17-16-. The Balaban J connectivity index is 2.84. The summed E-state index contributed by atoms with van der Waals surface area (Å²) in [6.07, 6.45) is 8.09. The average Bonchev–Trinajstić information content (AvgIpc) is 2.75. The van der Waals surface area contributed by atoms with Gasteiger partial charge in [-0.25, -0.2) is 14.4 Å². The predicted octanol–water partition coefficient (Wildman–Crippen LogP) is 5.02. The molecule has 1 N–H and O–H groups in total. The Hall–Kier alpha value is -2.63. The number of carbonyl (C=O) groups is 3. The molecule has 1 unspecified atom stereocenters. The maximum absolute atomic E-state index is 12.4. The minimum atomic E-state index is -1.82. The molecule has 0 fully saturated rings. The number of carboxylic acids is 1. The number of aliphatic carboxylic acids is 1. The normalized spacial score (nSPS) is 13.2. The van der Waals surface area contributed by atoms with Gasteiger partial charge in [0.15, 0.2) is 0 Å². The third-order valence-electron chi connectivity index (χ3n) is 5.19. The van der Waals surface area contributed by atoms with E-state index in [0.717, 1.165) is 44.3 Å². The van der Waals surface area contributed by atoms with Crippen LogP contribution in [0.5, 0.6) is 0 Å². The molecule has 0 aliphatic carbocycles. The van der Waals surface area contributed by atoms with Crippen LogP contribution in [0.1, 0.15) is 71.3 Å². The fraction of sp³-hybridized carbons (Fsp3) is 0.542. The summed E-state index contributed by atoms with van der Waals surface area (Å²) < 4.78 is 10.6. The Morgan fingerprint density at radius 2 is 1.53 bits per heavy atom. The molecule has 0 aliphatic heterocycles. The second kappa shape index (κ2) is 13.6. The summed E-state index contributed by atoms with van der Waals surface area (Å²) >= 11 is 0. The van der Waals surface area contributed by atoms with E-state index < -0.39 is 29.4 Å². The molecule has 6 nitrogen and oxygen atoms in total. The van der Waals surface area contributed by atoms with Gasteiger partial charge < -0.3 is 14.6 Å². The molecule has 1 aromatic rings. The fourth-order valence-electron chi connectivity index (χ4n) is 3.52. The minimum absolute atomic E-state index is 0.290. The molecular weight excluding hydrogens is 384 g/mol. The van der Waals surface area contributed by atoms with Crippen molar-refractivity contribution in [1.29, 1.82) is 0 Å². The highest BCUT2D eigenvalue weighted by molar-refractivity contribution is 5.93. The summed E-state index contributed by atoms with van der Waals surface area (Å²) in [6, 6.07) is 8.45. The molecule has 0 bridgehead atoms. The second-order valence-corrected chi connectivity index (χ2v) is 7.26. The monoisotopic (exact) mass is 418 g/mol. The molecule has 30 heavy (non-hydrogen) atoms. The van der Waals surface area contributed by atoms with Gasteiger partial charge in [-0.2, -0.15) is 0 Å². The molecule has 0 spiro atoms. The topological polar surface area (TPSA) is 89.9 Å². The maximum Gasteiger partial charge on any atom is 0.353 e. The number of carbonyl (C=O) groups excluding carboxylic acids is 2. The van der Waals surface area contributed by atoms with E-state index in [-0.39, 0.29) is 0 Å². The van der Waals surface area contributed by atoms with Crippen molar-refractivity contribution in [2.45, 2.75) is 71.3 Å². The Bertz CT molecular complexity index is 693. The van der Waals surface area contributed by atoms with Crippen LogP contribution in [0.4, 0.5) is 0 Å². The van der Waals surface area contributed by atoms with Crippen LogP contribution < -0.4 is 0 Å². The lowest BCUT2D eigenvalue weighted by atomic mass is 9.78. The van der Waals surface area contributed by atoms with E-state index in [1.54, 1.807) is 30.3 Å². The van der Waals surface area contributed by atoms with Crippen molar-refractivity contribution in [2.24, 2.45) is 5.92 Å². The van der Waals surface area contributed by atoms with Gasteiger partial charge in [0.25, 0.3) is 0 Å². The SMILES string of the molecule is CCCCCCCOC(=O)/C=C\C(=O)OC(C(=O)O)(c1ccccc1)C(CC)CC. The predicted molar refractivity (Wildman–Crippen MR) is 115 cm³/mol. The number of carboxylic acid groups (broad SMARTS) is 1. The van der Waals surface area contributed by atoms with E-state index in [1.807, 2.05) is 13.8 Å². The van der Waals surface area contributed by atoms with Crippen molar-refractivity contribution >= 4 is 17.9 Å². The van der Waals surface area contributed by atoms with Gasteiger partial charge in [-0.1, -0.05) is 76.8 Å². The highest BCUT2D eigenvalue weighted by Gasteiger charge is 2.49. The van der Waals surface area contributed by atoms with Crippen molar-refractivity contribution in [1.82, 2.24) is 0 Å². The number of hydrogen-bond acceptors (Lipinski definition) is 5. The van der Waals surface area contributed by atoms with E-state index in [9.17, 15) is 19.5 Å². The highest BCUT2D eigenvalue weighted by atomic mass is 16.6. The number of hydrogen-bond donors (Lipinski definition) is 1. The number of unbranched alkanes of at least 4 members (excludes halogenated alkanes) is 4. The summed E-state index contributed by atoms with van der Waals surface area (Å²) in [5.74, 6) is -3.21. The molecule has 0 saturated carbocycles. The number of esters is 2. The quantitative estimate of drug-likeness (QED) is 0.259. The third-order valence-corrected chi connectivity index (χ3v) is 5.19. The molecule has 0 saturated heterocycles. The van der Waals surface area contributed by atoms with Gasteiger partial charge in [0, 0.05) is 23.6 Å². The van der Waals surface area contributed by atoms with E-state index in [2.05, 4.69) is 6.92 Å². The third kappa shape index (κ3) is 7.32. The first-order valence-corrected chi connectivity index (χ1v) is 10.8. The van der Waals surface area contributed by atoms with E-state index in [4.69, 9.17) is 9.47 Å². The zero-order chi connectivity index (χ0) is 22.4. The minimum Gasteiger partial charge on any atom is -0.478 e. The van der Waals surface area contributed by atoms with Crippen LogP contribution in [0.25, 0.3) is 0 Å². The number of benzene rings is 1. The van der Waals surface area contributed by atoms with Crippen LogP contribution in [0.15, 0.2) is 42.5 Å². The summed E-state index contributed by atoms with van der Waals surface area (Å²) in [7, 11) is 0. The Labute approximate surface area is 179 Å². The Morgan fingerprint density at radius 3 is 2.10 bits per heavy atom. The number of rotatable bonds is 14. The molecule has 1 aromatic carbocycles. The maximum atomic E-state index is 12.4. The molecule has 0 radical (unpaired) electrons. The smallest absolute Gasteiger partial charge is 0.353 e. The molecular formula is C24H34O6. The van der Waals surface area contributed by atoms with Crippen molar-refractivity contribution in [3.8, 4) is 0 Å². The zero-order valence-electron chi connectivity index (χ0n) is 18.3. The molecule has 1 rings (SSSR count). The van der Waals surface area contributed by atoms with Crippen LogP contribution in [-0.4, -0.2) is 29.6 Å². The fourth-order valence-corrected chi connectivity index (χ4v) is 3.52. The van der Waals surface area contributed by atoms with Crippen molar-refractivity contribution in [2.75, 3.05) is 6.61 Å². The molecule has 6 heteroatoms. The molecule has 0 aromatic heterocycles. The molecule has 0 aliphatic rings. The van der Waals surface area contributed by atoms with Gasteiger partial charge in [-0.3, -0.25) is 0 Å². The first-order chi connectivity index (χ1) is 14.4. The van der Waals surface area contributed by atoms with Crippen LogP contribution in [0.3, 0.4) is 0 Å². The number of ether oxygens (including phenoxy) is 2. The van der Waals surface area contributed by atoms with Gasteiger partial charge in [0.05, 0.1) is 6.61 Å². The summed E-state index contributed by atoms with van der Waals surface area (Å²) in [5.41, 5.74) is -1.43. The van der Waals surface area contributed by atoms with Gasteiger partial charge in [0.2, 0.25) is 5.60 Å². The lowest BCUT2D eigenvalue weighted by Gasteiger charge is -2.35. The van der Waals surface area contributed by atoms with Gasteiger partial charge in [0.1, 0.15) is 0 Å². The van der Waals surface area contributed by atoms with Crippen molar-refractivity contribution in [3.05, 3.63) is 48.0 Å². The summed E-state index contributed by atoms with van der Waals surface area (Å²) in [5, 5.41) is 10.0. The largest absolute Gasteiger partial charge is 0.478 e. The van der Waals surface area contributed by atoms with E-state index in [0.29, 0.717) is 25.0 Å². The molecule has 1 atom stereocenters. The molecule has 0 heterocycles. The average molecular weight is 419 g/mol. The summed E-state index contributed by atoms with van der Waals surface area (Å²) in [6.45, 7) is 6.13. The van der Waals surface area contributed by atoms with E-state index >= 15 is 0 Å². The Morgan fingerprint density at radius 1 is 0.933 bits per heavy atom. The van der Waals surface area contributed by atoms with Gasteiger partial charge in [-0.15, -0.1) is 0 Å². The first-order valence-electron chi connectivity index (χ1n) is 10.8. The van der Waals surface area contributed by atoms with Gasteiger partial charge >= 0.3 is 17.9 Å². The Kier molecular flexibility index (Phi) is 11.5. The summed E-state index contributed by atoms with van der Waals surface area (Å²) in [4.78, 5) is 36.6. The highest BCUT2D eigenvalue weighted by Crippen LogP contribution is 2.38. The van der Waals surface area contributed by atoms with Crippen molar-refractivity contribution in [3.63, 3.8) is 0 Å². The second-order valence-electron chi connectivity index (χ2n) is 7.26. The van der Waals surface area contributed by atoms with Crippen LogP contribution in [-0.2, 0) is 29.5 Å². The van der Waals surface area contributed by atoms with Crippen molar-refractivity contribution < 1.29 is 29.0 Å². The van der Waals surface area contributed by atoms with Crippen LogP contribution >= 0.6 is 0 Å². The van der Waals surface area contributed by atoms with E-state index in [1.165, 1.54) is 0 Å². The van der Waals surface area contributed by atoms with Crippen LogP contribution in [0, 0.1) is 5.92 Å². The zero-order valence-corrected chi connectivity index (χ0v) is 18.3. The molecule has 0 amide bonds.